The molecule has 2 fully saturated rings. The molecule has 10 heteroatoms. The van der Waals surface area contributed by atoms with E-state index in [4.69, 9.17) is 27.2 Å². The molecule has 0 radical (unpaired) electrons. The van der Waals surface area contributed by atoms with Gasteiger partial charge in [-0.3, -0.25) is 0 Å². The van der Waals surface area contributed by atoms with Crippen LogP contribution < -0.4 is 9.47 Å². The fourth-order valence-corrected chi connectivity index (χ4v) is 27.8. The van der Waals surface area contributed by atoms with Crippen LogP contribution in [0.15, 0.2) is 84.9 Å². The van der Waals surface area contributed by atoms with Crippen LogP contribution in [-0.4, -0.2) is 71.9 Å². The highest BCUT2D eigenvalue weighted by Crippen LogP contribution is 2.57. The molecule has 0 aromatic heterocycles. The maximum absolute atomic E-state index is 6.85. The summed E-state index contributed by atoms with van der Waals surface area (Å²) in [7, 11) is -7.10. The fourth-order valence-electron chi connectivity index (χ4n) is 10.3. The largest absolute Gasteiger partial charge is 0.491 e. The smallest absolute Gasteiger partial charge is 0.173 e. The van der Waals surface area contributed by atoms with Crippen molar-refractivity contribution >= 4 is 33.3 Å². The van der Waals surface area contributed by atoms with Crippen LogP contribution >= 0.6 is 0 Å². The van der Waals surface area contributed by atoms with Crippen LogP contribution in [0.25, 0.3) is 11.1 Å². The average molecular weight is 867 g/mol. The van der Waals surface area contributed by atoms with Gasteiger partial charge in [-0.25, -0.2) is 0 Å². The molecule has 0 bridgehead atoms. The van der Waals surface area contributed by atoms with Gasteiger partial charge in [0.05, 0.1) is 18.6 Å². The highest BCUT2D eigenvalue weighted by molar-refractivity contribution is 6.84. The number of epoxide rings is 2. The normalized spacial score (nSPS) is 19.5. The number of hydrogen-bond donors (Lipinski definition) is 0. The van der Waals surface area contributed by atoms with Crippen LogP contribution in [0.3, 0.4) is 0 Å². The molecular formula is C49H70O6Si4. The van der Waals surface area contributed by atoms with E-state index >= 15 is 0 Å². The summed E-state index contributed by atoms with van der Waals surface area (Å²) >= 11 is 0. The minimum Gasteiger partial charge on any atom is -0.491 e. The van der Waals surface area contributed by atoms with E-state index < -0.39 is 38.7 Å². The Kier molecular flexibility index (Phi) is 12.9. The molecule has 4 aromatic rings. The Balaban J connectivity index is 1.35. The first-order chi connectivity index (χ1) is 27.7. The van der Waals surface area contributed by atoms with E-state index in [9.17, 15) is 0 Å². The van der Waals surface area contributed by atoms with E-state index in [2.05, 4.69) is 164 Å². The Morgan fingerprint density at radius 3 is 1.29 bits per heavy atom. The molecule has 1 aliphatic carbocycles. The van der Waals surface area contributed by atoms with E-state index in [0.717, 1.165) is 49.6 Å². The van der Waals surface area contributed by atoms with Gasteiger partial charge in [0, 0.05) is 0 Å². The molecule has 4 unspecified atom stereocenters. The fraction of sp³-hybridized carbons (Fsp3) is 0.510. The van der Waals surface area contributed by atoms with Crippen LogP contribution in [0.2, 0.25) is 77.6 Å². The zero-order valence-electron chi connectivity index (χ0n) is 38.0. The molecule has 4 aromatic carbocycles. The summed E-state index contributed by atoms with van der Waals surface area (Å²) < 4.78 is 38.1. The lowest BCUT2D eigenvalue weighted by atomic mass is 9.67. The van der Waals surface area contributed by atoms with E-state index in [1.54, 1.807) is 0 Å². The zero-order valence-corrected chi connectivity index (χ0v) is 42.0. The van der Waals surface area contributed by atoms with Crippen molar-refractivity contribution in [1.29, 1.82) is 0 Å². The molecule has 3 aliphatic rings. The van der Waals surface area contributed by atoms with Gasteiger partial charge in [0.2, 0.25) is 0 Å². The number of ether oxygens (including phenoxy) is 4. The third-order valence-electron chi connectivity index (χ3n) is 11.6. The number of fused-ring (bicyclic) bond motifs is 3. The maximum atomic E-state index is 6.85. The number of hydrogen-bond acceptors (Lipinski definition) is 6. The van der Waals surface area contributed by atoms with Gasteiger partial charge in [0.25, 0.3) is 0 Å². The van der Waals surface area contributed by atoms with Gasteiger partial charge in [0.15, 0.2) is 33.3 Å². The highest BCUT2D eigenvalue weighted by Gasteiger charge is 2.47. The summed E-state index contributed by atoms with van der Waals surface area (Å²) in [6.45, 7) is 31.0. The zero-order chi connectivity index (χ0) is 42.4. The average Bonchev–Trinajstić information content (AvgIpc) is 4.06. The first kappa shape index (κ1) is 44.3. The summed E-state index contributed by atoms with van der Waals surface area (Å²) in [4.78, 5) is 0. The lowest BCUT2D eigenvalue weighted by Gasteiger charge is -2.36. The van der Waals surface area contributed by atoms with Crippen molar-refractivity contribution in [3.8, 4) is 22.6 Å². The predicted octanol–water partition coefficient (Wildman–Crippen LogP) is 12.1. The molecule has 0 spiro atoms. The molecule has 2 aliphatic heterocycles. The van der Waals surface area contributed by atoms with Gasteiger partial charge in [-0.1, -0.05) is 86.6 Å². The molecule has 318 valence electrons. The first-order valence-corrected chi connectivity index (χ1v) is 35.1. The molecule has 0 amide bonds. The molecular weight excluding hydrogens is 797 g/mol. The lowest BCUT2D eigenvalue weighted by molar-refractivity contribution is 0.260. The summed E-state index contributed by atoms with van der Waals surface area (Å²) in [5.74, 6) is 2.78. The Morgan fingerprint density at radius 1 is 0.559 bits per heavy atom. The Labute approximate surface area is 359 Å². The van der Waals surface area contributed by atoms with Crippen molar-refractivity contribution in [2.45, 2.75) is 122 Å². The summed E-state index contributed by atoms with van der Waals surface area (Å²) in [5, 5.41) is 0. The lowest BCUT2D eigenvalue weighted by Crippen LogP contribution is -2.43. The molecule has 0 N–H and O–H groups in total. The van der Waals surface area contributed by atoms with Gasteiger partial charge >= 0.3 is 0 Å². The molecule has 6 nitrogen and oxygen atoms in total. The predicted molar refractivity (Wildman–Crippen MR) is 253 cm³/mol. The van der Waals surface area contributed by atoms with Crippen LogP contribution in [0.4, 0.5) is 0 Å². The second-order valence-electron chi connectivity index (χ2n) is 21.0. The van der Waals surface area contributed by atoms with E-state index in [1.807, 2.05) is 0 Å². The number of rotatable bonds is 20. The van der Waals surface area contributed by atoms with Crippen molar-refractivity contribution in [1.82, 2.24) is 0 Å². The van der Waals surface area contributed by atoms with Crippen molar-refractivity contribution in [3.63, 3.8) is 0 Å². The van der Waals surface area contributed by atoms with E-state index in [0.29, 0.717) is 25.0 Å². The molecule has 59 heavy (non-hydrogen) atoms. The monoisotopic (exact) mass is 866 g/mol. The van der Waals surface area contributed by atoms with Crippen LogP contribution in [-0.2, 0) is 36.0 Å². The van der Waals surface area contributed by atoms with Gasteiger partial charge in [-0.15, -0.1) is 0 Å². The molecule has 7 rings (SSSR count). The van der Waals surface area contributed by atoms with Crippen molar-refractivity contribution < 1.29 is 27.2 Å². The summed E-state index contributed by atoms with van der Waals surface area (Å²) in [6, 6.07) is 34.4. The van der Waals surface area contributed by atoms with Gasteiger partial charge < -0.3 is 27.2 Å². The minimum absolute atomic E-state index is 0.180. The van der Waals surface area contributed by atoms with Crippen LogP contribution in [0.1, 0.15) is 47.2 Å². The van der Waals surface area contributed by atoms with Crippen LogP contribution in [0, 0.1) is 11.8 Å². The first-order valence-electron chi connectivity index (χ1n) is 22.1. The Hall–Kier alpha value is -2.81. The molecule has 2 heterocycles. The minimum atomic E-state index is -1.89. The second-order valence-corrected chi connectivity index (χ2v) is 38.9. The van der Waals surface area contributed by atoms with Crippen molar-refractivity contribution in [3.05, 3.63) is 118 Å². The van der Waals surface area contributed by atoms with Gasteiger partial charge in [0.1, 0.15) is 36.9 Å². The third-order valence-corrected chi connectivity index (χ3v) is 24.3. The van der Waals surface area contributed by atoms with E-state index in [1.165, 1.54) is 44.5 Å². The second kappa shape index (κ2) is 17.2. The quantitative estimate of drug-likeness (QED) is 0.0574. The Bertz CT molecular complexity index is 1950. The van der Waals surface area contributed by atoms with E-state index in [-0.39, 0.29) is 12.2 Å². The van der Waals surface area contributed by atoms with Gasteiger partial charge in [-0.2, -0.15) is 0 Å². The van der Waals surface area contributed by atoms with Crippen LogP contribution in [0.5, 0.6) is 11.5 Å². The Morgan fingerprint density at radius 2 is 0.932 bits per heavy atom. The summed E-state index contributed by atoms with van der Waals surface area (Å²) in [5.41, 5.74) is 9.68. The number of benzene rings is 4. The molecule has 0 saturated carbocycles. The topological polar surface area (TPSA) is 62.0 Å². The van der Waals surface area contributed by atoms with Crippen molar-refractivity contribution in [2.24, 2.45) is 11.8 Å². The molecule has 2 saturated heterocycles. The SMILES string of the molecule is CC(Cc1cc(C2(c3ccc(OCC4CO4)c(CC(C)C[Si](C)(C)O[Si](C)(C)C)c3)c3ccccc3-c3ccccc32)ccc1OCC1CO1)C[Si](C)(C)O[Si](C)(C)C. The standard InChI is InChI=1S/C49H70O6Si4/c1-35(33-58(9,10)54-56(3,4)5)25-37-27-39(21-23-47(37)52-31-41-29-50-41)49(45-19-15-13-17-43(45)44-18-14-16-20-46(44)49)40-22-24-48(53-32-42-30-51-42)38(28-40)26-36(2)34-59(11,12)55-57(6,7)8/h13-24,27-28,35-36,41-42H,25-26,29-34H2,1-12H3. The third kappa shape index (κ3) is 11.0. The summed E-state index contributed by atoms with van der Waals surface area (Å²) in [6.07, 6.45) is 2.19. The highest BCUT2D eigenvalue weighted by atomic mass is 28.4. The van der Waals surface area contributed by atoms with Gasteiger partial charge in [-0.05, 0) is 159 Å². The van der Waals surface area contributed by atoms with Crippen molar-refractivity contribution in [2.75, 3.05) is 26.4 Å². The molecule has 4 atom stereocenters. The maximum Gasteiger partial charge on any atom is 0.173 e.